The van der Waals surface area contributed by atoms with E-state index in [-0.39, 0.29) is 12.6 Å². The van der Waals surface area contributed by atoms with Crippen LogP contribution in [0.3, 0.4) is 0 Å². The van der Waals surface area contributed by atoms with E-state index in [1.54, 1.807) is 0 Å². The Bertz CT molecular complexity index is 610. The molecule has 0 bridgehead atoms. The summed E-state index contributed by atoms with van der Waals surface area (Å²) in [5, 5.41) is 2.16. The van der Waals surface area contributed by atoms with Gasteiger partial charge in [-0.15, -0.1) is 0 Å². The summed E-state index contributed by atoms with van der Waals surface area (Å²) in [5.41, 5.74) is 6.74. The van der Waals surface area contributed by atoms with E-state index in [1.165, 1.54) is 0 Å². The van der Waals surface area contributed by atoms with Crippen LogP contribution in [-0.4, -0.2) is 19.2 Å². The summed E-state index contributed by atoms with van der Waals surface area (Å²) < 4.78 is 10.6. The molecule has 0 amide bonds. The molecule has 4 nitrogen and oxygen atoms in total. The summed E-state index contributed by atoms with van der Waals surface area (Å²) in [6.07, 6.45) is 1.87. The second kappa shape index (κ2) is 7.64. The molecular formula is C17H21NO3. The van der Waals surface area contributed by atoms with Gasteiger partial charge in [-0.25, -0.2) is 4.79 Å². The molecule has 0 saturated heterocycles. The molecule has 0 spiro atoms. The van der Waals surface area contributed by atoms with Crippen molar-refractivity contribution in [2.75, 3.05) is 13.2 Å². The Balaban J connectivity index is 2.06. The number of ether oxygens (including phenoxy) is 2. The Morgan fingerprint density at radius 3 is 2.76 bits per heavy atom. The molecule has 2 aromatic rings. The minimum absolute atomic E-state index is 0.0882. The van der Waals surface area contributed by atoms with E-state index in [0.29, 0.717) is 18.9 Å². The molecule has 112 valence electrons. The number of nitrogens with two attached hydrogens (primary N) is 1. The molecule has 2 rings (SSSR count). The first kappa shape index (κ1) is 15.3. The van der Waals surface area contributed by atoms with Crippen LogP contribution >= 0.6 is 0 Å². The van der Waals surface area contributed by atoms with Crippen molar-refractivity contribution in [3.63, 3.8) is 0 Å². The number of esters is 1. The fourth-order valence-electron chi connectivity index (χ4n) is 2.17. The van der Waals surface area contributed by atoms with E-state index >= 15 is 0 Å². The third-order valence-corrected chi connectivity index (χ3v) is 3.31. The zero-order chi connectivity index (χ0) is 15.1. The number of carbonyl (C=O) groups excluding carboxylic acids is 1. The molecule has 0 heterocycles. The average Bonchev–Trinajstić information content (AvgIpc) is 2.52. The number of carbonyl (C=O) groups is 1. The average molecular weight is 287 g/mol. The number of benzene rings is 2. The van der Waals surface area contributed by atoms with Gasteiger partial charge in [0.2, 0.25) is 0 Å². The second-order valence-corrected chi connectivity index (χ2v) is 4.83. The van der Waals surface area contributed by atoms with Gasteiger partial charge in [0.05, 0.1) is 6.61 Å². The molecule has 0 atom stereocenters. The molecule has 0 saturated carbocycles. The normalized spacial score (nSPS) is 10.6. The van der Waals surface area contributed by atoms with Crippen LogP contribution in [0.25, 0.3) is 10.8 Å². The molecule has 21 heavy (non-hydrogen) atoms. The highest BCUT2D eigenvalue weighted by atomic mass is 16.6. The van der Waals surface area contributed by atoms with Crippen LogP contribution in [0.5, 0.6) is 5.75 Å². The highest BCUT2D eigenvalue weighted by molar-refractivity contribution is 5.87. The van der Waals surface area contributed by atoms with Crippen LogP contribution in [0.15, 0.2) is 36.4 Å². The lowest BCUT2D eigenvalue weighted by atomic mass is 10.0. The van der Waals surface area contributed by atoms with Gasteiger partial charge in [-0.2, -0.15) is 0 Å². The molecule has 2 aromatic carbocycles. The smallest absolute Gasteiger partial charge is 0.344 e. The van der Waals surface area contributed by atoms with Crippen molar-refractivity contribution in [2.24, 2.45) is 5.73 Å². The Kier molecular flexibility index (Phi) is 5.58. The Morgan fingerprint density at radius 2 is 2.00 bits per heavy atom. The first-order chi connectivity index (χ1) is 10.3. The van der Waals surface area contributed by atoms with Crippen molar-refractivity contribution < 1.29 is 14.3 Å². The number of hydrogen-bond acceptors (Lipinski definition) is 4. The van der Waals surface area contributed by atoms with Gasteiger partial charge >= 0.3 is 5.97 Å². The molecule has 4 heteroatoms. The lowest BCUT2D eigenvalue weighted by Crippen LogP contribution is -2.16. The zero-order valence-electron chi connectivity index (χ0n) is 12.3. The van der Waals surface area contributed by atoms with E-state index in [1.807, 2.05) is 43.3 Å². The highest BCUT2D eigenvalue weighted by Gasteiger charge is 2.10. The van der Waals surface area contributed by atoms with Crippen LogP contribution in [-0.2, 0) is 16.1 Å². The molecule has 0 radical (unpaired) electrons. The zero-order valence-corrected chi connectivity index (χ0v) is 12.3. The number of hydrogen-bond donors (Lipinski definition) is 1. The summed E-state index contributed by atoms with van der Waals surface area (Å²) >= 11 is 0. The third kappa shape index (κ3) is 3.95. The molecule has 0 unspecified atom stereocenters. The predicted octanol–water partition coefficient (Wildman–Crippen LogP) is 3.02. The quantitative estimate of drug-likeness (QED) is 0.628. The number of unbranched alkanes of at least 4 members (excludes halogenated alkanes) is 1. The van der Waals surface area contributed by atoms with Gasteiger partial charge in [0.15, 0.2) is 6.61 Å². The van der Waals surface area contributed by atoms with Crippen LogP contribution < -0.4 is 10.5 Å². The van der Waals surface area contributed by atoms with Crippen LogP contribution in [0.2, 0.25) is 0 Å². The Morgan fingerprint density at radius 1 is 1.19 bits per heavy atom. The summed E-state index contributed by atoms with van der Waals surface area (Å²) in [4.78, 5) is 11.6. The topological polar surface area (TPSA) is 61.5 Å². The standard InChI is InChI=1S/C17H21NO3/c1-2-3-10-20-17(19)12-21-16-9-8-13-6-4-5-7-14(13)15(16)11-18/h4-9H,2-3,10-12,18H2,1H3. The SMILES string of the molecule is CCCCOC(=O)COc1ccc2ccccc2c1CN. The van der Waals surface area contributed by atoms with Gasteiger partial charge in [-0.3, -0.25) is 0 Å². The summed E-state index contributed by atoms with van der Waals surface area (Å²) in [6.45, 7) is 2.77. The van der Waals surface area contributed by atoms with Crippen molar-refractivity contribution in [3.05, 3.63) is 42.0 Å². The molecule has 0 aliphatic carbocycles. The first-order valence-corrected chi connectivity index (χ1v) is 7.25. The predicted molar refractivity (Wildman–Crippen MR) is 83.2 cm³/mol. The lowest BCUT2D eigenvalue weighted by molar-refractivity contribution is -0.146. The van der Waals surface area contributed by atoms with E-state index in [9.17, 15) is 4.79 Å². The van der Waals surface area contributed by atoms with E-state index in [2.05, 4.69) is 0 Å². The first-order valence-electron chi connectivity index (χ1n) is 7.25. The Hall–Kier alpha value is -2.07. The van der Waals surface area contributed by atoms with Gasteiger partial charge in [-0.1, -0.05) is 43.7 Å². The molecular weight excluding hydrogens is 266 g/mol. The minimum Gasteiger partial charge on any atom is -0.482 e. The van der Waals surface area contributed by atoms with Gasteiger partial charge in [0.1, 0.15) is 5.75 Å². The van der Waals surface area contributed by atoms with Gasteiger partial charge in [0.25, 0.3) is 0 Å². The van der Waals surface area contributed by atoms with Crippen molar-refractivity contribution in [1.29, 1.82) is 0 Å². The Labute approximate surface area is 124 Å². The third-order valence-electron chi connectivity index (χ3n) is 3.31. The van der Waals surface area contributed by atoms with Gasteiger partial charge in [-0.05, 0) is 23.3 Å². The number of rotatable bonds is 7. The largest absolute Gasteiger partial charge is 0.482 e. The van der Waals surface area contributed by atoms with Crippen LogP contribution in [0.4, 0.5) is 0 Å². The van der Waals surface area contributed by atoms with Crippen LogP contribution in [0.1, 0.15) is 25.3 Å². The van der Waals surface area contributed by atoms with Crippen LogP contribution in [0, 0.1) is 0 Å². The summed E-state index contributed by atoms with van der Waals surface area (Å²) in [6, 6.07) is 11.8. The molecule has 0 fully saturated rings. The second-order valence-electron chi connectivity index (χ2n) is 4.83. The molecule has 0 aliphatic rings. The maximum absolute atomic E-state index is 11.6. The monoisotopic (exact) mass is 287 g/mol. The van der Waals surface area contributed by atoms with E-state index < -0.39 is 0 Å². The fraction of sp³-hybridized carbons (Fsp3) is 0.353. The molecule has 0 aliphatic heterocycles. The lowest BCUT2D eigenvalue weighted by Gasteiger charge is -2.12. The minimum atomic E-state index is -0.348. The van der Waals surface area contributed by atoms with E-state index in [0.717, 1.165) is 29.2 Å². The summed E-state index contributed by atoms with van der Waals surface area (Å²) in [5.74, 6) is 0.295. The maximum atomic E-state index is 11.6. The van der Waals surface area contributed by atoms with Crippen molar-refractivity contribution in [2.45, 2.75) is 26.3 Å². The van der Waals surface area contributed by atoms with Gasteiger partial charge < -0.3 is 15.2 Å². The fourth-order valence-corrected chi connectivity index (χ4v) is 2.17. The van der Waals surface area contributed by atoms with Gasteiger partial charge in [0, 0.05) is 12.1 Å². The number of fused-ring (bicyclic) bond motifs is 1. The maximum Gasteiger partial charge on any atom is 0.344 e. The molecule has 2 N–H and O–H groups in total. The summed E-state index contributed by atoms with van der Waals surface area (Å²) in [7, 11) is 0. The van der Waals surface area contributed by atoms with E-state index in [4.69, 9.17) is 15.2 Å². The van der Waals surface area contributed by atoms with Crippen molar-refractivity contribution >= 4 is 16.7 Å². The molecule has 0 aromatic heterocycles. The van der Waals surface area contributed by atoms with Crippen molar-refractivity contribution in [1.82, 2.24) is 0 Å². The van der Waals surface area contributed by atoms with Crippen molar-refractivity contribution in [3.8, 4) is 5.75 Å². The highest BCUT2D eigenvalue weighted by Crippen LogP contribution is 2.27.